The normalized spacial score (nSPS) is 42.9. The molecule has 0 aliphatic carbocycles. The van der Waals surface area contributed by atoms with Crippen molar-refractivity contribution in [1.29, 1.82) is 0 Å². The van der Waals surface area contributed by atoms with Crippen LogP contribution in [0.2, 0.25) is 0 Å². The van der Waals surface area contributed by atoms with Crippen LogP contribution in [0.4, 0.5) is 0 Å². The van der Waals surface area contributed by atoms with Crippen molar-refractivity contribution in [2.75, 3.05) is 13.1 Å². The average molecular weight is 147 g/mol. The Morgan fingerprint density at radius 1 is 1.00 bits per heavy atom. The molecule has 1 fully saturated rings. The van der Waals surface area contributed by atoms with Crippen molar-refractivity contribution in [3.05, 3.63) is 0 Å². The van der Waals surface area contributed by atoms with Crippen molar-refractivity contribution >= 4 is 0 Å². The van der Waals surface area contributed by atoms with Crippen LogP contribution in [-0.2, 0) is 0 Å². The minimum Gasteiger partial charge on any atom is -0.392 e. The Morgan fingerprint density at radius 2 is 1.70 bits per heavy atom. The molecule has 3 atom stereocenters. The first-order chi connectivity index (χ1) is 4.70. The lowest BCUT2D eigenvalue weighted by Crippen LogP contribution is -2.32. The van der Waals surface area contributed by atoms with Crippen molar-refractivity contribution < 1.29 is 15.3 Å². The highest BCUT2D eigenvalue weighted by Gasteiger charge is 2.22. The van der Waals surface area contributed by atoms with Gasteiger partial charge in [-0.05, 0) is 0 Å². The second-order valence-corrected chi connectivity index (χ2v) is 2.68. The molecule has 1 aliphatic rings. The quantitative estimate of drug-likeness (QED) is 0.322. The predicted octanol–water partition coefficient (Wildman–Crippen LogP) is -1.94. The van der Waals surface area contributed by atoms with Gasteiger partial charge in [-0.25, -0.2) is 0 Å². The molecule has 0 aromatic heterocycles. The minimum absolute atomic E-state index is 0.258. The van der Waals surface area contributed by atoms with Gasteiger partial charge in [-0.3, -0.25) is 0 Å². The molecule has 0 radical (unpaired) electrons. The summed E-state index contributed by atoms with van der Waals surface area (Å²) in [5, 5.41) is 30.0. The minimum atomic E-state index is -0.787. The van der Waals surface area contributed by atoms with Gasteiger partial charge in [-0.2, -0.15) is 0 Å². The standard InChI is InChI=1S/C6H13NO3/c8-4-1-5(9)6(10)3-7-2-4/h4-10H,1-3H2/t4-,5-,6-/m1/s1. The molecule has 4 heteroatoms. The van der Waals surface area contributed by atoms with Crippen molar-refractivity contribution in [3.8, 4) is 0 Å². The monoisotopic (exact) mass is 147 g/mol. The van der Waals surface area contributed by atoms with Gasteiger partial charge in [0.1, 0.15) is 0 Å². The van der Waals surface area contributed by atoms with Crippen LogP contribution in [0.25, 0.3) is 0 Å². The summed E-state index contributed by atoms with van der Waals surface area (Å²) in [5.74, 6) is 0. The maximum atomic E-state index is 9.08. The van der Waals surface area contributed by atoms with Crippen LogP contribution in [0.3, 0.4) is 0 Å². The van der Waals surface area contributed by atoms with Crippen LogP contribution in [-0.4, -0.2) is 46.7 Å². The molecular weight excluding hydrogens is 134 g/mol. The predicted molar refractivity (Wildman–Crippen MR) is 35.5 cm³/mol. The van der Waals surface area contributed by atoms with Crippen molar-refractivity contribution in [1.82, 2.24) is 5.32 Å². The van der Waals surface area contributed by atoms with Gasteiger partial charge < -0.3 is 20.6 Å². The molecule has 0 amide bonds. The fourth-order valence-corrected chi connectivity index (χ4v) is 1.05. The Morgan fingerprint density at radius 3 is 2.40 bits per heavy atom. The Balaban J connectivity index is 2.41. The van der Waals surface area contributed by atoms with Gasteiger partial charge in [-0.1, -0.05) is 0 Å². The first-order valence-electron chi connectivity index (χ1n) is 3.45. The molecule has 0 unspecified atom stereocenters. The Hall–Kier alpha value is -0.160. The Kier molecular flexibility index (Phi) is 2.62. The SMILES string of the molecule is O[C@H]1CNC[C@@H](O)[C@H](O)C1. The van der Waals surface area contributed by atoms with Crippen LogP contribution in [0.5, 0.6) is 0 Å². The van der Waals surface area contributed by atoms with Crippen LogP contribution in [0, 0.1) is 0 Å². The van der Waals surface area contributed by atoms with Gasteiger partial charge >= 0.3 is 0 Å². The van der Waals surface area contributed by atoms with Crippen LogP contribution in [0.15, 0.2) is 0 Å². The lowest BCUT2D eigenvalue weighted by Gasteiger charge is -2.13. The summed E-state index contributed by atoms with van der Waals surface area (Å²) in [7, 11) is 0. The van der Waals surface area contributed by atoms with E-state index in [1.54, 1.807) is 0 Å². The molecule has 0 bridgehead atoms. The van der Waals surface area contributed by atoms with Crippen LogP contribution in [0.1, 0.15) is 6.42 Å². The summed E-state index contributed by atoms with van der Waals surface area (Å²) < 4.78 is 0. The molecule has 0 aromatic rings. The van der Waals surface area contributed by atoms with Gasteiger partial charge in [0, 0.05) is 19.5 Å². The van der Waals surface area contributed by atoms with Crippen molar-refractivity contribution in [2.45, 2.75) is 24.7 Å². The van der Waals surface area contributed by atoms with E-state index in [4.69, 9.17) is 15.3 Å². The molecule has 10 heavy (non-hydrogen) atoms. The zero-order chi connectivity index (χ0) is 7.56. The number of hydrogen-bond donors (Lipinski definition) is 4. The van der Waals surface area contributed by atoms with Crippen LogP contribution < -0.4 is 5.32 Å². The second kappa shape index (κ2) is 3.30. The van der Waals surface area contributed by atoms with E-state index < -0.39 is 18.3 Å². The maximum absolute atomic E-state index is 9.08. The van der Waals surface area contributed by atoms with E-state index >= 15 is 0 Å². The van der Waals surface area contributed by atoms with E-state index in [1.807, 2.05) is 0 Å². The van der Waals surface area contributed by atoms with E-state index in [9.17, 15) is 0 Å². The highest BCUT2D eigenvalue weighted by molar-refractivity contribution is 4.78. The Labute approximate surface area is 59.5 Å². The van der Waals surface area contributed by atoms with Gasteiger partial charge in [0.05, 0.1) is 18.3 Å². The third kappa shape index (κ3) is 1.91. The van der Waals surface area contributed by atoms with Gasteiger partial charge in [-0.15, -0.1) is 0 Å². The smallest absolute Gasteiger partial charge is 0.0924 e. The molecule has 0 aromatic carbocycles. The number of nitrogens with one attached hydrogen (secondary N) is 1. The second-order valence-electron chi connectivity index (χ2n) is 2.68. The van der Waals surface area contributed by atoms with Crippen LogP contribution >= 0.6 is 0 Å². The lowest BCUT2D eigenvalue weighted by molar-refractivity contribution is 0.00544. The lowest BCUT2D eigenvalue weighted by atomic mass is 10.1. The zero-order valence-corrected chi connectivity index (χ0v) is 5.70. The summed E-state index contributed by atoms with van der Waals surface area (Å²) in [4.78, 5) is 0. The fourth-order valence-electron chi connectivity index (χ4n) is 1.05. The summed E-state index contributed by atoms with van der Waals surface area (Å²) in [5.41, 5.74) is 0. The molecule has 1 heterocycles. The van der Waals surface area contributed by atoms with Gasteiger partial charge in [0.2, 0.25) is 0 Å². The van der Waals surface area contributed by atoms with Crippen molar-refractivity contribution in [3.63, 3.8) is 0 Å². The highest BCUT2D eigenvalue weighted by atomic mass is 16.3. The molecule has 4 nitrogen and oxygen atoms in total. The van der Waals surface area contributed by atoms with Crippen molar-refractivity contribution in [2.24, 2.45) is 0 Å². The molecular formula is C6H13NO3. The third-order valence-corrected chi connectivity index (χ3v) is 1.69. The summed E-state index contributed by atoms with van der Waals surface area (Å²) in [6.45, 7) is 0.812. The van der Waals surface area contributed by atoms with E-state index in [0.717, 1.165) is 0 Å². The average Bonchev–Trinajstić information content (AvgIpc) is 1.96. The summed E-state index contributed by atoms with van der Waals surface area (Å²) >= 11 is 0. The molecule has 0 saturated carbocycles. The molecule has 1 aliphatic heterocycles. The first-order valence-corrected chi connectivity index (χ1v) is 3.45. The number of aliphatic hydroxyl groups is 3. The Bertz CT molecular complexity index is 109. The molecule has 60 valence electrons. The van der Waals surface area contributed by atoms with Gasteiger partial charge in [0.15, 0.2) is 0 Å². The highest BCUT2D eigenvalue weighted by Crippen LogP contribution is 2.05. The maximum Gasteiger partial charge on any atom is 0.0924 e. The van der Waals surface area contributed by atoms with E-state index in [-0.39, 0.29) is 6.42 Å². The van der Waals surface area contributed by atoms with E-state index in [1.165, 1.54) is 0 Å². The van der Waals surface area contributed by atoms with Gasteiger partial charge in [0.25, 0.3) is 0 Å². The summed E-state index contributed by atoms with van der Waals surface area (Å²) in [6, 6.07) is 0. The topological polar surface area (TPSA) is 72.7 Å². The third-order valence-electron chi connectivity index (χ3n) is 1.69. The number of rotatable bonds is 0. The molecule has 1 saturated heterocycles. The molecule has 4 N–H and O–H groups in total. The first kappa shape index (κ1) is 7.94. The number of hydrogen-bond acceptors (Lipinski definition) is 4. The molecule has 1 rings (SSSR count). The number of β-amino-alcohol motifs (C(OH)–C–C–N with tert-alkyl or cyclic N) is 2. The zero-order valence-electron chi connectivity index (χ0n) is 5.70. The largest absolute Gasteiger partial charge is 0.392 e. The van der Waals surface area contributed by atoms with E-state index in [2.05, 4.69) is 5.32 Å². The van der Waals surface area contributed by atoms with E-state index in [0.29, 0.717) is 13.1 Å². The number of aliphatic hydroxyl groups excluding tert-OH is 3. The molecule has 0 spiro atoms. The fraction of sp³-hybridized carbons (Fsp3) is 1.00. The summed E-state index contributed by atoms with van der Waals surface area (Å²) in [6.07, 6.45) is -1.80.